The Morgan fingerprint density at radius 3 is 2.52 bits per heavy atom. The summed E-state index contributed by atoms with van der Waals surface area (Å²) in [5.41, 5.74) is 0. The Labute approximate surface area is 139 Å². The van der Waals surface area contributed by atoms with Gasteiger partial charge in [-0.1, -0.05) is 6.42 Å². The molecule has 2 aliphatic rings. The zero-order valence-electron chi connectivity index (χ0n) is 14.0. The summed E-state index contributed by atoms with van der Waals surface area (Å²) in [6, 6.07) is 0. The van der Waals surface area contributed by atoms with E-state index in [0.717, 1.165) is 51.3 Å². The Bertz CT molecular complexity index is 483. The molecule has 0 aromatic rings. The molecule has 1 saturated carbocycles. The fraction of sp³-hybridized carbons (Fsp3) is 0.933. The molecule has 0 bridgehead atoms. The summed E-state index contributed by atoms with van der Waals surface area (Å²) in [4.78, 5) is 6.53. The van der Waals surface area contributed by atoms with Gasteiger partial charge in [-0.3, -0.25) is 4.99 Å². The first kappa shape index (κ1) is 18.5. The zero-order valence-corrected chi connectivity index (χ0v) is 14.8. The summed E-state index contributed by atoms with van der Waals surface area (Å²) >= 11 is 0. The van der Waals surface area contributed by atoms with Gasteiger partial charge in [0.15, 0.2) is 5.96 Å². The van der Waals surface area contributed by atoms with Crippen LogP contribution in [0.25, 0.3) is 0 Å². The van der Waals surface area contributed by atoms with E-state index in [9.17, 15) is 13.5 Å². The molecule has 3 N–H and O–H groups in total. The number of hydrogen-bond acceptors (Lipinski definition) is 4. The number of aliphatic hydroxyl groups is 1. The monoisotopic (exact) mass is 346 g/mol. The van der Waals surface area contributed by atoms with Crippen LogP contribution in [0.5, 0.6) is 0 Å². The predicted octanol–water partition coefficient (Wildman–Crippen LogP) is 0.128. The summed E-state index contributed by atoms with van der Waals surface area (Å²) in [6.07, 6.45) is 4.70. The van der Waals surface area contributed by atoms with E-state index in [1.165, 1.54) is 6.42 Å². The summed E-state index contributed by atoms with van der Waals surface area (Å²) in [5, 5.41) is 12.8. The van der Waals surface area contributed by atoms with Crippen LogP contribution in [0.2, 0.25) is 0 Å². The Kier molecular flexibility index (Phi) is 7.10. The molecule has 1 heterocycles. The number of hydrogen-bond donors (Lipinski definition) is 3. The third kappa shape index (κ3) is 6.27. The molecule has 134 valence electrons. The van der Waals surface area contributed by atoms with Crippen LogP contribution in [0.1, 0.15) is 39.0 Å². The van der Waals surface area contributed by atoms with Gasteiger partial charge in [0.1, 0.15) is 0 Å². The molecule has 7 nitrogen and oxygen atoms in total. The number of piperidine rings is 1. The lowest BCUT2D eigenvalue weighted by Crippen LogP contribution is -2.46. The number of aliphatic imine (C=N–C) groups is 1. The van der Waals surface area contributed by atoms with Crippen LogP contribution >= 0.6 is 0 Å². The van der Waals surface area contributed by atoms with Gasteiger partial charge >= 0.3 is 0 Å². The Hall–Kier alpha value is -0.860. The van der Waals surface area contributed by atoms with E-state index in [1.54, 1.807) is 0 Å². The summed E-state index contributed by atoms with van der Waals surface area (Å²) < 4.78 is 26.7. The Morgan fingerprint density at radius 2 is 1.96 bits per heavy atom. The zero-order chi connectivity index (χ0) is 16.7. The van der Waals surface area contributed by atoms with Crippen molar-refractivity contribution >= 4 is 16.0 Å². The third-order valence-electron chi connectivity index (χ3n) is 4.54. The first-order valence-corrected chi connectivity index (χ1v) is 10.3. The number of guanidine groups is 1. The van der Waals surface area contributed by atoms with Gasteiger partial charge in [0.25, 0.3) is 0 Å². The second-order valence-electron chi connectivity index (χ2n) is 6.42. The molecule has 2 fully saturated rings. The lowest BCUT2D eigenvalue weighted by molar-refractivity contribution is 0.108. The van der Waals surface area contributed by atoms with Crippen LogP contribution in [0.4, 0.5) is 0 Å². The van der Waals surface area contributed by atoms with Gasteiger partial charge in [0.05, 0.1) is 18.4 Å². The lowest BCUT2D eigenvalue weighted by Gasteiger charge is -2.32. The summed E-state index contributed by atoms with van der Waals surface area (Å²) in [7, 11) is -3.25. The van der Waals surface area contributed by atoms with E-state index in [2.05, 4.69) is 19.9 Å². The molecule has 0 amide bonds. The van der Waals surface area contributed by atoms with Crippen molar-refractivity contribution in [2.45, 2.75) is 45.1 Å². The first-order chi connectivity index (χ1) is 11.0. The highest BCUT2D eigenvalue weighted by molar-refractivity contribution is 7.89. The van der Waals surface area contributed by atoms with Crippen molar-refractivity contribution in [3.05, 3.63) is 0 Å². The topological polar surface area (TPSA) is 94.0 Å². The van der Waals surface area contributed by atoms with Gasteiger partial charge in [0, 0.05) is 26.2 Å². The van der Waals surface area contributed by atoms with E-state index < -0.39 is 10.0 Å². The molecule has 0 atom stereocenters. The molecule has 0 radical (unpaired) electrons. The third-order valence-corrected chi connectivity index (χ3v) is 5.86. The number of sulfonamides is 1. The summed E-state index contributed by atoms with van der Waals surface area (Å²) in [5.74, 6) is 1.28. The van der Waals surface area contributed by atoms with Crippen LogP contribution in [0, 0.1) is 5.92 Å². The van der Waals surface area contributed by atoms with Gasteiger partial charge in [-0.15, -0.1) is 0 Å². The van der Waals surface area contributed by atoms with Crippen LogP contribution in [0.3, 0.4) is 0 Å². The van der Waals surface area contributed by atoms with E-state index in [-0.39, 0.29) is 18.4 Å². The van der Waals surface area contributed by atoms with E-state index in [1.807, 2.05) is 6.92 Å². The molecular weight excluding hydrogens is 316 g/mol. The smallest absolute Gasteiger partial charge is 0.213 e. The molecule has 2 rings (SSSR count). The van der Waals surface area contributed by atoms with Crippen LogP contribution in [-0.2, 0) is 10.0 Å². The molecule has 8 heteroatoms. The van der Waals surface area contributed by atoms with Crippen molar-refractivity contribution < 1.29 is 13.5 Å². The molecule has 1 saturated heterocycles. The maximum atomic E-state index is 12.0. The highest BCUT2D eigenvalue weighted by atomic mass is 32.2. The first-order valence-electron chi connectivity index (χ1n) is 8.69. The molecule has 0 aromatic carbocycles. The van der Waals surface area contributed by atoms with Crippen molar-refractivity contribution in [2.24, 2.45) is 10.9 Å². The maximum Gasteiger partial charge on any atom is 0.213 e. The molecule has 1 aliphatic carbocycles. The van der Waals surface area contributed by atoms with Gasteiger partial charge < -0.3 is 15.3 Å². The molecule has 0 spiro atoms. The molecule has 0 aromatic heterocycles. The molecule has 0 unspecified atom stereocenters. The Balaban J connectivity index is 1.79. The minimum atomic E-state index is -3.25. The van der Waals surface area contributed by atoms with E-state index in [0.29, 0.717) is 12.5 Å². The number of nitrogens with zero attached hydrogens (tertiary/aromatic N) is 2. The van der Waals surface area contributed by atoms with E-state index in [4.69, 9.17) is 0 Å². The van der Waals surface area contributed by atoms with Crippen molar-refractivity contribution in [3.8, 4) is 0 Å². The fourth-order valence-electron chi connectivity index (χ4n) is 2.79. The van der Waals surface area contributed by atoms with Gasteiger partial charge in [-0.2, -0.15) is 0 Å². The van der Waals surface area contributed by atoms with Crippen LogP contribution < -0.4 is 10.0 Å². The van der Waals surface area contributed by atoms with Crippen molar-refractivity contribution in [2.75, 3.05) is 38.5 Å². The fourth-order valence-corrected chi connectivity index (χ4v) is 3.75. The Morgan fingerprint density at radius 1 is 1.26 bits per heavy atom. The van der Waals surface area contributed by atoms with Crippen LogP contribution in [-0.4, -0.2) is 69.0 Å². The second kappa shape index (κ2) is 8.84. The number of likely N-dealkylation sites (tertiary alicyclic amines) is 1. The second-order valence-corrected chi connectivity index (χ2v) is 8.34. The number of aliphatic hydroxyl groups excluding tert-OH is 1. The van der Waals surface area contributed by atoms with Gasteiger partial charge in [-0.05, 0) is 38.5 Å². The minimum Gasteiger partial charge on any atom is -0.393 e. The average molecular weight is 346 g/mol. The van der Waals surface area contributed by atoms with Crippen molar-refractivity contribution in [3.63, 3.8) is 0 Å². The van der Waals surface area contributed by atoms with Gasteiger partial charge in [0.2, 0.25) is 10.0 Å². The average Bonchev–Trinajstić information content (AvgIpc) is 2.45. The SMILES string of the molecule is CCNC(=NCCS(=O)(=O)NCC1CCC1)N1CCC(O)CC1. The predicted molar refractivity (Wildman–Crippen MR) is 91.9 cm³/mol. The van der Waals surface area contributed by atoms with Gasteiger partial charge in [-0.25, -0.2) is 13.1 Å². The van der Waals surface area contributed by atoms with E-state index >= 15 is 0 Å². The molecular formula is C15H30N4O3S. The standard InChI is InChI=1S/C15H30N4O3S/c1-2-16-15(19-9-6-14(20)7-10-19)17-8-11-23(21,22)18-12-13-4-3-5-13/h13-14,18,20H,2-12H2,1H3,(H,16,17). The normalized spacial score (nSPS) is 21.3. The largest absolute Gasteiger partial charge is 0.393 e. The van der Waals surface area contributed by atoms with Crippen molar-refractivity contribution in [1.82, 2.24) is 14.9 Å². The lowest BCUT2D eigenvalue weighted by atomic mass is 9.86. The summed E-state index contributed by atoms with van der Waals surface area (Å²) in [6.45, 7) is 5.05. The highest BCUT2D eigenvalue weighted by Crippen LogP contribution is 2.25. The highest BCUT2D eigenvalue weighted by Gasteiger charge is 2.21. The number of rotatable bonds is 7. The maximum absolute atomic E-state index is 12.0. The molecule has 1 aliphatic heterocycles. The quantitative estimate of drug-likeness (QED) is 0.450. The molecule has 23 heavy (non-hydrogen) atoms. The van der Waals surface area contributed by atoms with Crippen LogP contribution in [0.15, 0.2) is 4.99 Å². The number of nitrogens with one attached hydrogen (secondary N) is 2. The minimum absolute atomic E-state index is 0.0189. The van der Waals surface area contributed by atoms with Crippen molar-refractivity contribution in [1.29, 1.82) is 0 Å².